The molecule has 25 heavy (non-hydrogen) atoms. The van der Waals surface area contributed by atoms with Crippen molar-refractivity contribution < 1.29 is 22.7 Å². The Balaban J connectivity index is 1.63. The van der Waals surface area contributed by atoms with E-state index in [-0.39, 0.29) is 11.5 Å². The number of fused-ring (bicyclic) bond motifs is 1. The van der Waals surface area contributed by atoms with Crippen molar-refractivity contribution in [2.24, 2.45) is 0 Å². The molecule has 2 aromatic carbocycles. The van der Waals surface area contributed by atoms with Gasteiger partial charge in [-0.1, -0.05) is 36.4 Å². The maximum absolute atomic E-state index is 12.3. The zero-order valence-corrected chi connectivity index (χ0v) is 14.6. The van der Waals surface area contributed by atoms with Crippen molar-refractivity contribution in [3.8, 4) is 0 Å². The molecule has 1 heterocycles. The van der Waals surface area contributed by atoms with Crippen molar-refractivity contribution in [1.82, 2.24) is 5.32 Å². The summed E-state index contributed by atoms with van der Waals surface area (Å²) in [6.07, 6.45) is 0.359. The van der Waals surface area contributed by atoms with Crippen LogP contribution < -0.4 is 5.32 Å². The molecule has 1 aliphatic rings. The van der Waals surface area contributed by atoms with Crippen molar-refractivity contribution in [2.45, 2.75) is 18.9 Å². The summed E-state index contributed by atoms with van der Waals surface area (Å²) >= 11 is 0. The molecular weight excluding hydrogens is 342 g/mol. The van der Waals surface area contributed by atoms with Gasteiger partial charge in [-0.15, -0.1) is 0 Å². The monoisotopic (exact) mass is 361 g/mol. The highest BCUT2D eigenvalue weighted by Crippen LogP contribution is 2.23. The third-order valence-corrected chi connectivity index (χ3v) is 6.19. The number of carbonyl (C=O) groups is 2. The molecule has 2 aromatic rings. The second-order valence-electron chi connectivity index (χ2n) is 6.55. The molecule has 0 aromatic heterocycles. The van der Waals surface area contributed by atoms with E-state index in [1.54, 1.807) is 19.1 Å². The third kappa shape index (κ3) is 3.99. The van der Waals surface area contributed by atoms with Crippen LogP contribution >= 0.6 is 0 Å². The summed E-state index contributed by atoms with van der Waals surface area (Å²) in [6.45, 7) is 1.24. The zero-order valence-electron chi connectivity index (χ0n) is 13.8. The van der Waals surface area contributed by atoms with Crippen LogP contribution in [0.2, 0.25) is 0 Å². The van der Waals surface area contributed by atoms with Crippen molar-refractivity contribution in [3.05, 3.63) is 48.0 Å². The number of sulfone groups is 1. The maximum atomic E-state index is 12.3. The van der Waals surface area contributed by atoms with E-state index in [1.807, 2.05) is 30.3 Å². The number of benzene rings is 2. The Hall–Kier alpha value is -2.41. The molecule has 1 fully saturated rings. The van der Waals surface area contributed by atoms with Gasteiger partial charge in [0.15, 0.2) is 16.4 Å². The molecule has 7 heteroatoms. The highest BCUT2D eigenvalue weighted by Gasteiger charge is 2.39. The summed E-state index contributed by atoms with van der Waals surface area (Å²) in [5, 5.41) is 4.32. The van der Waals surface area contributed by atoms with E-state index in [0.29, 0.717) is 12.0 Å². The van der Waals surface area contributed by atoms with Crippen LogP contribution in [0.25, 0.3) is 10.8 Å². The molecule has 0 radical (unpaired) electrons. The predicted molar refractivity (Wildman–Crippen MR) is 94.0 cm³/mol. The zero-order chi connectivity index (χ0) is 18.1. The van der Waals surface area contributed by atoms with Gasteiger partial charge in [0.2, 0.25) is 0 Å². The van der Waals surface area contributed by atoms with Crippen molar-refractivity contribution in [3.63, 3.8) is 0 Å². The first-order valence-electron chi connectivity index (χ1n) is 7.94. The minimum Gasteiger partial charge on any atom is -0.452 e. The molecule has 0 spiro atoms. The fourth-order valence-electron chi connectivity index (χ4n) is 3.09. The third-order valence-electron chi connectivity index (χ3n) is 4.29. The molecule has 132 valence electrons. The smallest absolute Gasteiger partial charge is 0.339 e. The fraction of sp³-hybridized carbons (Fsp3) is 0.333. The highest BCUT2D eigenvalue weighted by atomic mass is 32.2. The lowest BCUT2D eigenvalue weighted by molar-refractivity contribution is -0.125. The van der Waals surface area contributed by atoms with Crippen LogP contribution in [0.5, 0.6) is 0 Å². The second-order valence-corrected chi connectivity index (χ2v) is 8.74. The minimum absolute atomic E-state index is 0.0551. The first kappa shape index (κ1) is 17.4. The maximum Gasteiger partial charge on any atom is 0.339 e. The molecular formula is C18H19NO5S. The van der Waals surface area contributed by atoms with E-state index < -0.39 is 33.9 Å². The lowest BCUT2D eigenvalue weighted by Crippen LogP contribution is -2.48. The Morgan fingerprint density at radius 1 is 1.16 bits per heavy atom. The fourth-order valence-corrected chi connectivity index (χ4v) is 5.19. The van der Waals surface area contributed by atoms with Crippen molar-refractivity contribution in [1.29, 1.82) is 0 Å². The van der Waals surface area contributed by atoms with Crippen LogP contribution in [-0.4, -0.2) is 43.9 Å². The van der Waals surface area contributed by atoms with Crippen LogP contribution in [-0.2, 0) is 19.4 Å². The summed E-state index contributed by atoms with van der Waals surface area (Å²) in [4.78, 5) is 24.3. The number of nitrogens with one attached hydrogen (secondary N) is 1. The highest BCUT2D eigenvalue weighted by molar-refractivity contribution is 7.91. The average molecular weight is 361 g/mol. The van der Waals surface area contributed by atoms with E-state index in [1.165, 1.54) is 0 Å². The number of rotatable bonds is 4. The van der Waals surface area contributed by atoms with E-state index in [9.17, 15) is 18.0 Å². The average Bonchev–Trinajstić information content (AvgIpc) is 2.85. The van der Waals surface area contributed by atoms with Gasteiger partial charge in [0.25, 0.3) is 5.91 Å². The standard InChI is InChI=1S/C18H19NO5S/c1-18(9-10-25(22,23)12-18)19-16(20)11-24-17(21)15-8-4-6-13-5-2-3-7-14(13)15/h2-8H,9-12H2,1H3,(H,19,20). The van der Waals surface area contributed by atoms with Gasteiger partial charge >= 0.3 is 5.97 Å². The number of amides is 1. The van der Waals surface area contributed by atoms with Crippen LogP contribution in [0.4, 0.5) is 0 Å². The molecule has 1 saturated heterocycles. The molecule has 3 rings (SSSR count). The summed E-state index contributed by atoms with van der Waals surface area (Å²) in [6, 6.07) is 12.7. The number of esters is 1. The van der Waals surface area contributed by atoms with E-state index in [2.05, 4.69) is 5.32 Å². The molecule has 1 N–H and O–H groups in total. The van der Waals surface area contributed by atoms with Crippen molar-refractivity contribution >= 4 is 32.5 Å². The van der Waals surface area contributed by atoms with Crippen LogP contribution in [0, 0.1) is 0 Å². The molecule has 1 unspecified atom stereocenters. The Morgan fingerprint density at radius 3 is 2.60 bits per heavy atom. The molecule has 0 bridgehead atoms. The first-order valence-corrected chi connectivity index (χ1v) is 9.77. The molecule has 0 aliphatic carbocycles. The Morgan fingerprint density at radius 2 is 1.88 bits per heavy atom. The van der Waals surface area contributed by atoms with Crippen molar-refractivity contribution in [2.75, 3.05) is 18.1 Å². The second kappa shape index (κ2) is 6.48. The molecule has 1 aliphatic heterocycles. The van der Waals surface area contributed by atoms with Gasteiger partial charge in [-0.2, -0.15) is 0 Å². The quantitative estimate of drug-likeness (QED) is 0.837. The first-order chi connectivity index (χ1) is 11.8. The topological polar surface area (TPSA) is 89.5 Å². The molecule has 6 nitrogen and oxygen atoms in total. The summed E-state index contributed by atoms with van der Waals surface area (Å²) < 4.78 is 28.2. The van der Waals surface area contributed by atoms with E-state index in [0.717, 1.165) is 10.8 Å². The SMILES string of the molecule is CC1(NC(=O)COC(=O)c2cccc3ccccc23)CCS(=O)(=O)C1. The largest absolute Gasteiger partial charge is 0.452 e. The van der Waals surface area contributed by atoms with Gasteiger partial charge in [0.05, 0.1) is 22.6 Å². The summed E-state index contributed by atoms with van der Waals surface area (Å²) in [7, 11) is -3.12. The van der Waals surface area contributed by atoms with E-state index in [4.69, 9.17) is 4.74 Å². The van der Waals surface area contributed by atoms with Crippen LogP contribution in [0.1, 0.15) is 23.7 Å². The number of ether oxygens (including phenoxy) is 1. The van der Waals surface area contributed by atoms with Gasteiger partial charge in [-0.05, 0) is 30.2 Å². The van der Waals surface area contributed by atoms with Gasteiger partial charge in [0, 0.05) is 0 Å². The van der Waals surface area contributed by atoms with Crippen LogP contribution in [0.3, 0.4) is 0 Å². The lowest BCUT2D eigenvalue weighted by atomic mass is 10.0. The summed E-state index contributed by atoms with van der Waals surface area (Å²) in [5.74, 6) is -1.13. The van der Waals surface area contributed by atoms with Gasteiger partial charge in [-0.3, -0.25) is 4.79 Å². The van der Waals surface area contributed by atoms with Gasteiger partial charge in [0.1, 0.15) is 0 Å². The molecule has 0 saturated carbocycles. The predicted octanol–water partition coefficient (Wildman–Crippen LogP) is 1.69. The summed E-state index contributed by atoms with van der Waals surface area (Å²) in [5.41, 5.74) is -0.414. The van der Waals surface area contributed by atoms with Crippen LogP contribution in [0.15, 0.2) is 42.5 Å². The van der Waals surface area contributed by atoms with Gasteiger partial charge in [-0.25, -0.2) is 13.2 Å². The lowest BCUT2D eigenvalue weighted by Gasteiger charge is -2.23. The number of hydrogen-bond donors (Lipinski definition) is 1. The minimum atomic E-state index is -3.12. The van der Waals surface area contributed by atoms with Gasteiger partial charge < -0.3 is 10.1 Å². The molecule has 1 atom stereocenters. The Labute approximate surface area is 146 Å². The Kier molecular flexibility index (Phi) is 4.51. The van der Waals surface area contributed by atoms with E-state index >= 15 is 0 Å². The normalized spacial score (nSPS) is 21.8. The molecule has 1 amide bonds. The Bertz CT molecular complexity index is 932. The number of carbonyl (C=O) groups excluding carboxylic acids is 2. The number of hydrogen-bond acceptors (Lipinski definition) is 5.